The van der Waals surface area contributed by atoms with E-state index in [0.29, 0.717) is 6.61 Å². The van der Waals surface area contributed by atoms with Crippen molar-refractivity contribution in [3.63, 3.8) is 0 Å². The fourth-order valence-electron chi connectivity index (χ4n) is 2.03. The van der Waals surface area contributed by atoms with Gasteiger partial charge in [0.2, 0.25) is 0 Å². The van der Waals surface area contributed by atoms with Gasteiger partial charge in [0, 0.05) is 11.3 Å². The smallest absolute Gasteiger partial charge is 0.125 e. The first-order valence-corrected chi connectivity index (χ1v) is 6.44. The van der Waals surface area contributed by atoms with Gasteiger partial charge in [-0.25, -0.2) is 4.39 Å². The molecule has 0 aliphatic rings. The van der Waals surface area contributed by atoms with Gasteiger partial charge in [0.15, 0.2) is 0 Å². The lowest BCUT2D eigenvalue weighted by molar-refractivity contribution is 0.335. The highest BCUT2D eigenvalue weighted by molar-refractivity contribution is 5.47. The molecule has 2 rings (SSSR count). The lowest BCUT2D eigenvalue weighted by Gasteiger charge is -2.19. The van der Waals surface area contributed by atoms with Crippen molar-refractivity contribution in [1.82, 2.24) is 0 Å². The van der Waals surface area contributed by atoms with Crippen LogP contribution in [0.2, 0.25) is 0 Å². The number of hydrogen-bond donors (Lipinski definition) is 1. The molecule has 0 saturated carbocycles. The van der Waals surface area contributed by atoms with Crippen LogP contribution in [0.5, 0.6) is 5.75 Å². The first kappa shape index (κ1) is 13.4. The second kappa shape index (κ2) is 6.23. The Hall–Kier alpha value is -2.03. The van der Waals surface area contributed by atoms with E-state index in [-0.39, 0.29) is 11.9 Å². The summed E-state index contributed by atoms with van der Waals surface area (Å²) < 4.78 is 18.8. The molecule has 0 aliphatic heterocycles. The predicted molar refractivity (Wildman–Crippen MR) is 76.0 cm³/mol. The van der Waals surface area contributed by atoms with Crippen molar-refractivity contribution in [3.05, 3.63) is 59.9 Å². The van der Waals surface area contributed by atoms with Crippen LogP contribution in [-0.4, -0.2) is 6.61 Å². The summed E-state index contributed by atoms with van der Waals surface area (Å²) >= 11 is 0. The van der Waals surface area contributed by atoms with Gasteiger partial charge in [0.05, 0.1) is 12.6 Å². The SMILES string of the molecule is CCOc1ccccc1C(C)Nc1cccc(F)c1. The average molecular weight is 259 g/mol. The Kier molecular flexibility index (Phi) is 4.39. The molecule has 100 valence electrons. The zero-order valence-corrected chi connectivity index (χ0v) is 11.2. The van der Waals surface area contributed by atoms with Crippen molar-refractivity contribution in [3.8, 4) is 5.75 Å². The fraction of sp³-hybridized carbons (Fsp3) is 0.250. The second-order valence-corrected chi connectivity index (χ2v) is 4.35. The topological polar surface area (TPSA) is 21.3 Å². The first-order chi connectivity index (χ1) is 9.20. The predicted octanol–water partition coefficient (Wildman–Crippen LogP) is 4.40. The molecule has 0 fully saturated rings. The zero-order valence-electron chi connectivity index (χ0n) is 11.2. The van der Waals surface area contributed by atoms with Crippen LogP contribution < -0.4 is 10.1 Å². The van der Waals surface area contributed by atoms with Crippen LogP contribution in [0.15, 0.2) is 48.5 Å². The summed E-state index contributed by atoms with van der Waals surface area (Å²) in [5.41, 5.74) is 1.83. The summed E-state index contributed by atoms with van der Waals surface area (Å²) in [6.07, 6.45) is 0. The highest BCUT2D eigenvalue weighted by Gasteiger charge is 2.11. The Morgan fingerprint density at radius 3 is 2.68 bits per heavy atom. The van der Waals surface area contributed by atoms with Gasteiger partial charge >= 0.3 is 0 Å². The largest absolute Gasteiger partial charge is 0.494 e. The van der Waals surface area contributed by atoms with E-state index in [1.54, 1.807) is 6.07 Å². The normalized spacial score (nSPS) is 11.9. The molecular formula is C16H18FNO. The third-order valence-corrected chi connectivity index (χ3v) is 2.89. The van der Waals surface area contributed by atoms with Crippen molar-refractivity contribution in [2.24, 2.45) is 0 Å². The Balaban J connectivity index is 2.17. The number of benzene rings is 2. The number of ether oxygens (including phenoxy) is 1. The molecule has 0 heterocycles. The molecule has 0 aromatic heterocycles. The van der Waals surface area contributed by atoms with E-state index in [9.17, 15) is 4.39 Å². The van der Waals surface area contributed by atoms with Crippen LogP contribution in [0.25, 0.3) is 0 Å². The number of hydrogen-bond acceptors (Lipinski definition) is 2. The number of para-hydroxylation sites is 1. The Labute approximate surface area is 113 Å². The minimum absolute atomic E-state index is 0.0459. The molecule has 0 aliphatic carbocycles. The Morgan fingerprint density at radius 2 is 1.95 bits per heavy atom. The molecule has 0 saturated heterocycles. The first-order valence-electron chi connectivity index (χ1n) is 6.44. The van der Waals surface area contributed by atoms with Crippen molar-refractivity contribution in [2.75, 3.05) is 11.9 Å². The van der Waals surface area contributed by atoms with Gasteiger partial charge < -0.3 is 10.1 Å². The van der Waals surface area contributed by atoms with E-state index in [0.717, 1.165) is 17.0 Å². The van der Waals surface area contributed by atoms with E-state index in [4.69, 9.17) is 4.74 Å². The van der Waals surface area contributed by atoms with E-state index in [2.05, 4.69) is 5.32 Å². The molecule has 2 nitrogen and oxygen atoms in total. The highest BCUT2D eigenvalue weighted by atomic mass is 19.1. The fourth-order valence-corrected chi connectivity index (χ4v) is 2.03. The molecule has 19 heavy (non-hydrogen) atoms. The maximum Gasteiger partial charge on any atom is 0.125 e. The quantitative estimate of drug-likeness (QED) is 0.859. The maximum atomic E-state index is 13.2. The summed E-state index contributed by atoms with van der Waals surface area (Å²) in [4.78, 5) is 0. The van der Waals surface area contributed by atoms with Crippen molar-refractivity contribution < 1.29 is 9.13 Å². The molecule has 1 unspecified atom stereocenters. The zero-order chi connectivity index (χ0) is 13.7. The van der Waals surface area contributed by atoms with Crippen LogP contribution in [0, 0.1) is 5.82 Å². The summed E-state index contributed by atoms with van der Waals surface area (Å²) in [5.74, 6) is 0.622. The minimum atomic E-state index is -0.240. The standard InChI is InChI=1S/C16H18FNO/c1-3-19-16-10-5-4-9-15(16)12(2)18-14-8-6-7-13(17)11-14/h4-12,18H,3H2,1-2H3. The summed E-state index contributed by atoms with van der Waals surface area (Å²) in [6, 6.07) is 14.4. The third-order valence-electron chi connectivity index (χ3n) is 2.89. The van der Waals surface area contributed by atoms with Crippen LogP contribution in [0.3, 0.4) is 0 Å². The van der Waals surface area contributed by atoms with Crippen molar-refractivity contribution in [1.29, 1.82) is 0 Å². The van der Waals surface area contributed by atoms with Crippen LogP contribution in [0.4, 0.5) is 10.1 Å². The molecule has 2 aromatic carbocycles. The molecule has 1 N–H and O–H groups in total. The molecule has 0 radical (unpaired) electrons. The van der Waals surface area contributed by atoms with Gasteiger partial charge in [0.1, 0.15) is 11.6 Å². The van der Waals surface area contributed by atoms with Gasteiger partial charge in [-0.05, 0) is 38.1 Å². The monoisotopic (exact) mass is 259 g/mol. The summed E-state index contributed by atoms with van der Waals surface area (Å²) in [6.45, 7) is 4.62. The van der Waals surface area contributed by atoms with Gasteiger partial charge in [-0.1, -0.05) is 24.3 Å². The van der Waals surface area contributed by atoms with E-state index < -0.39 is 0 Å². The second-order valence-electron chi connectivity index (χ2n) is 4.35. The van der Waals surface area contributed by atoms with Gasteiger partial charge in [-0.15, -0.1) is 0 Å². The molecule has 3 heteroatoms. The van der Waals surface area contributed by atoms with Gasteiger partial charge in [-0.2, -0.15) is 0 Å². The number of rotatable bonds is 5. The van der Waals surface area contributed by atoms with E-state index in [1.807, 2.05) is 44.2 Å². The van der Waals surface area contributed by atoms with Crippen molar-refractivity contribution >= 4 is 5.69 Å². The molecule has 0 bridgehead atoms. The summed E-state index contributed by atoms with van der Waals surface area (Å²) in [5, 5.41) is 3.28. The van der Waals surface area contributed by atoms with Crippen LogP contribution in [0.1, 0.15) is 25.5 Å². The molecule has 2 aromatic rings. The third kappa shape index (κ3) is 3.47. The number of anilines is 1. The lowest BCUT2D eigenvalue weighted by Crippen LogP contribution is -2.09. The molecule has 0 spiro atoms. The lowest BCUT2D eigenvalue weighted by atomic mass is 10.1. The maximum absolute atomic E-state index is 13.2. The Morgan fingerprint density at radius 1 is 1.16 bits per heavy atom. The molecular weight excluding hydrogens is 241 g/mol. The van der Waals surface area contributed by atoms with E-state index in [1.165, 1.54) is 12.1 Å². The minimum Gasteiger partial charge on any atom is -0.494 e. The summed E-state index contributed by atoms with van der Waals surface area (Å²) in [7, 11) is 0. The van der Waals surface area contributed by atoms with E-state index >= 15 is 0 Å². The molecule has 0 amide bonds. The number of halogens is 1. The van der Waals surface area contributed by atoms with Crippen molar-refractivity contribution in [2.45, 2.75) is 19.9 Å². The highest BCUT2D eigenvalue weighted by Crippen LogP contribution is 2.27. The average Bonchev–Trinajstić information content (AvgIpc) is 2.39. The van der Waals surface area contributed by atoms with Gasteiger partial charge in [-0.3, -0.25) is 0 Å². The Bertz CT molecular complexity index is 542. The number of nitrogens with one attached hydrogen (secondary N) is 1. The van der Waals surface area contributed by atoms with Gasteiger partial charge in [0.25, 0.3) is 0 Å². The van der Waals surface area contributed by atoms with Crippen LogP contribution >= 0.6 is 0 Å². The molecule has 1 atom stereocenters. The van der Waals surface area contributed by atoms with Crippen LogP contribution in [-0.2, 0) is 0 Å².